The Morgan fingerprint density at radius 2 is 2.08 bits per heavy atom. The van der Waals surface area contributed by atoms with Gasteiger partial charge in [0.2, 0.25) is 0 Å². The maximum atomic E-state index is 4.67. The predicted molar refractivity (Wildman–Crippen MR) is 101 cm³/mol. The smallest absolute Gasteiger partial charge is 0.162 e. The molecule has 3 aromatic heterocycles. The molecule has 6 nitrogen and oxygen atoms in total. The number of nitrogens with zero attached hydrogens (tertiary/aromatic N) is 4. The minimum Gasteiger partial charge on any atom is -0.367 e. The highest BCUT2D eigenvalue weighted by molar-refractivity contribution is 5.77. The highest BCUT2D eigenvalue weighted by atomic mass is 15.3. The number of aromatic nitrogens is 4. The van der Waals surface area contributed by atoms with Crippen molar-refractivity contribution < 1.29 is 0 Å². The van der Waals surface area contributed by atoms with Crippen molar-refractivity contribution in [2.24, 2.45) is 0 Å². The number of hydrogen-bond donors (Lipinski definition) is 2. The highest BCUT2D eigenvalue weighted by Crippen LogP contribution is 2.25. The van der Waals surface area contributed by atoms with Crippen LogP contribution in [0.2, 0.25) is 0 Å². The summed E-state index contributed by atoms with van der Waals surface area (Å²) >= 11 is 0. The normalized spacial score (nSPS) is 15.1. The summed E-state index contributed by atoms with van der Waals surface area (Å²) in [6.45, 7) is 4.11. The number of fused-ring (bicyclic) bond motifs is 1. The maximum Gasteiger partial charge on any atom is 0.162 e. The Morgan fingerprint density at radius 1 is 1.08 bits per heavy atom. The van der Waals surface area contributed by atoms with E-state index in [-0.39, 0.29) is 0 Å². The lowest BCUT2D eigenvalue weighted by Crippen LogP contribution is -2.21. The maximum absolute atomic E-state index is 4.67. The summed E-state index contributed by atoms with van der Waals surface area (Å²) in [5.74, 6) is 0. The lowest BCUT2D eigenvalue weighted by Gasteiger charge is -2.14. The first-order chi connectivity index (χ1) is 12.9. The van der Waals surface area contributed by atoms with E-state index in [0.717, 1.165) is 48.6 Å². The van der Waals surface area contributed by atoms with Crippen molar-refractivity contribution in [3.05, 3.63) is 66.9 Å². The number of benzene rings is 1. The molecule has 4 aromatic rings. The van der Waals surface area contributed by atoms with Crippen LogP contribution in [0.15, 0.2) is 61.3 Å². The molecule has 26 heavy (non-hydrogen) atoms. The Bertz CT molecular complexity index is 1030. The number of nitrogens with one attached hydrogen (secondary N) is 2. The summed E-state index contributed by atoms with van der Waals surface area (Å²) in [5, 5.41) is 7.87. The second-order valence-electron chi connectivity index (χ2n) is 6.68. The molecular formula is C20H20N6. The van der Waals surface area contributed by atoms with Crippen LogP contribution in [-0.2, 0) is 6.54 Å². The second-order valence-corrected chi connectivity index (χ2v) is 6.68. The average molecular weight is 344 g/mol. The highest BCUT2D eigenvalue weighted by Gasteiger charge is 2.12. The van der Waals surface area contributed by atoms with Crippen molar-refractivity contribution in [2.75, 3.05) is 19.8 Å². The molecule has 130 valence electrons. The van der Waals surface area contributed by atoms with E-state index in [1.165, 1.54) is 11.1 Å². The van der Waals surface area contributed by atoms with Gasteiger partial charge in [-0.1, -0.05) is 18.2 Å². The number of H-pyrrole nitrogens is 1. The molecule has 0 bridgehead atoms. The molecule has 1 aliphatic heterocycles. The lowest BCUT2D eigenvalue weighted by atomic mass is 10.1. The summed E-state index contributed by atoms with van der Waals surface area (Å²) in [4.78, 5) is 10.2. The van der Waals surface area contributed by atoms with Gasteiger partial charge in [0.1, 0.15) is 0 Å². The second kappa shape index (κ2) is 6.40. The first kappa shape index (κ1) is 15.3. The summed E-state index contributed by atoms with van der Waals surface area (Å²) in [6.07, 6.45) is 9.72. The number of rotatable bonds is 4. The quantitative estimate of drug-likeness (QED) is 0.598. The van der Waals surface area contributed by atoms with E-state index in [1.807, 2.05) is 35.4 Å². The van der Waals surface area contributed by atoms with E-state index >= 15 is 0 Å². The molecule has 6 heteroatoms. The molecule has 0 unspecified atom stereocenters. The molecule has 2 N–H and O–H groups in total. The summed E-state index contributed by atoms with van der Waals surface area (Å²) < 4.78 is 1.86. The van der Waals surface area contributed by atoms with Gasteiger partial charge in [-0.05, 0) is 23.3 Å². The topological polar surface area (TPSA) is 61.2 Å². The zero-order valence-corrected chi connectivity index (χ0v) is 14.4. The van der Waals surface area contributed by atoms with Crippen LogP contribution in [0, 0.1) is 0 Å². The first-order valence-corrected chi connectivity index (χ1v) is 8.86. The van der Waals surface area contributed by atoms with Gasteiger partial charge in [-0.15, -0.1) is 0 Å². The average Bonchev–Trinajstić information content (AvgIpc) is 3.42. The summed E-state index contributed by atoms with van der Waals surface area (Å²) in [6, 6.07) is 10.7. The van der Waals surface area contributed by atoms with Crippen LogP contribution in [-0.4, -0.2) is 44.2 Å². The molecule has 0 spiro atoms. The Morgan fingerprint density at radius 3 is 2.92 bits per heavy atom. The van der Waals surface area contributed by atoms with E-state index in [2.05, 4.69) is 55.7 Å². The minimum absolute atomic E-state index is 0.868. The first-order valence-electron chi connectivity index (χ1n) is 8.86. The van der Waals surface area contributed by atoms with Gasteiger partial charge >= 0.3 is 0 Å². The van der Waals surface area contributed by atoms with E-state index < -0.39 is 0 Å². The van der Waals surface area contributed by atoms with Crippen LogP contribution in [0.1, 0.15) is 5.56 Å². The molecule has 1 aliphatic rings. The van der Waals surface area contributed by atoms with Gasteiger partial charge in [0.25, 0.3) is 0 Å². The van der Waals surface area contributed by atoms with Gasteiger partial charge in [-0.25, -0.2) is 9.50 Å². The Balaban J connectivity index is 1.47. The summed E-state index contributed by atoms with van der Waals surface area (Å²) in [5.41, 5.74) is 6.56. The van der Waals surface area contributed by atoms with Gasteiger partial charge in [0, 0.05) is 67.8 Å². The molecule has 0 radical (unpaired) electrons. The van der Waals surface area contributed by atoms with Crippen LogP contribution in [0.25, 0.3) is 27.9 Å². The zero-order chi connectivity index (χ0) is 17.3. The SMILES string of the molecule is c1cc(CN2CCNC2)cc(-c2cnc3c(-c4cc[nH]c4)cnn3c2)c1. The number of aromatic amines is 1. The Hall–Kier alpha value is -2.96. The van der Waals surface area contributed by atoms with Crippen LogP contribution in [0.4, 0.5) is 0 Å². The molecule has 0 amide bonds. The monoisotopic (exact) mass is 344 g/mol. The van der Waals surface area contributed by atoms with Crippen molar-refractivity contribution in [3.63, 3.8) is 0 Å². The van der Waals surface area contributed by atoms with Gasteiger partial charge in [0.15, 0.2) is 5.65 Å². The number of hydrogen-bond acceptors (Lipinski definition) is 4. The van der Waals surface area contributed by atoms with Crippen molar-refractivity contribution in [3.8, 4) is 22.3 Å². The molecule has 5 rings (SSSR count). The fraction of sp³-hybridized carbons (Fsp3) is 0.200. The van der Waals surface area contributed by atoms with E-state index in [4.69, 9.17) is 0 Å². The largest absolute Gasteiger partial charge is 0.367 e. The fourth-order valence-corrected chi connectivity index (χ4v) is 3.51. The van der Waals surface area contributed by atoms with Gasteiger partial charge < -0.3 is 10.3 Å². The predicted octanol–water partition coefficient (Wildman–Crippen LogP) is 2.75. The van der Waals surface area contributed by atoms with E-state index in [9.17, 15) is 0 Å². The Labute approximate surface area is 151 Å². The lowest BCUT2D eigenvalue weighted by molar-refractivity contribution is 0.327. The molecular weight excluding hydrogens is 324 g/mol. The van der Waals surface area contributed by atoms with Gasteiger partial charge in [-0.3, -0.25) is 4.90 Å². The molecule has 0 saturated carbocycles. The molecule has 1 aromatic carbocycles. The third-order valence-electron chi connectivity index (χ3n) is 4.87. The third-order valence-corrected chi connectivity index (χ3v) is 4.87. The standard InChI is InChI=1S/C20H20N6/c1-2-15(12-25-7-6-22-14-25)8-16(3-1)18-10-23-20-19(11-24-26(20)13-18)17-4-5-21-9-17/h1-5,8-11,13,21-22H,6-7,12,14H2. The van der Waals surface area contributed by atoms with Crippen LogP contribution >= 0.6 is 0 Å². The fourth-order valence-electron chi connectivity index (χ4n) is 3.51. The van der Waals surface area contributed by atoms with E-state index in [0.29, 0.717) is 0 Å². The van der Waals surface area contributed by atoms with Crippen molar-refractivity contribution in [1.29, 1.82) is 0 Å². The minimum atomic E-state index is 0.868. The molecule has 4 heterocycles. The molecule has 0 atom stereocenters. The molecule has 0 aliphatic carbocycles. The van der Waals surface area contributed by atoms with Crippen molar-refractivity contribution >= 4 is 5.65 Å². The Kier molecular flexibility index (Phi) is 3.77. The molecule has 1 fully saturated rings. The molecule has 1 saturated heterocycles. The van der Waals surface area contributed by atoms with Gasteiger partial charge in [0.05, 0.1) is 6.20 Å². The van der Waals surface area contributed by atoms with Gasteiger partial charge in [-0.2, -0.15) is 5.10 Å². The van der Waals surface area contributed by atoms with Crippen LogP contribution < -0.4 is 5.32 Å². The summed E-state index contributed by atoms with van der Waals surface area (Å²) in [7, 11) is 0. The van der Waals surface area contributed by atoms with Crippen molar-refractivity contribution in [2.45, 2.75) is 6.54 Å². The van der Waals surface area contributed by atoms with Crippen molar-refractivity contribution in [1.82, 2.24) is 29.8 Å². The zero-order valence-electron chi connectivity index (χ0n) is 14.4. The van der Waals surface area contributed by atoms with E-state index in [1.54, 1.807) is 0 Å². The van der Waals surface area contributed by atoms with Crippen LogP contribution in [0.3, 0.4) is 0 Å². The van der Waals surface area contributed by atoms with Crippen LogP contribution in [0.5, 0.6) is 0 Å². The third kappa shape index (κ3) is 2.79.